The van der Waals surface area contributed by atoms with Gasteiger partial charge in [-0.2, -0.15) is 5.10 Å². The molecular weight excluding hydrogens is 384 g/mol. The zero-order valence-electron chi connectivity index (χ0n) is 15.9. The second-order valence-corrected chi connectivity index (χ2v) is 7.61. The van der Waals surface area contributed by atoms with E-state index in [1.165, 1.54) is 11.3 Å². The molecule has 6 nitrogen and oxygen atoms in total. The van der Waals surface area contributed by atoms with E-state index < -0.39 is 0 Å². The van der Waals surface area contributed by atoms with Crippen LogP contribution in [-0.4, -0.2) is 24.3 Å². The third-order valence-corrected chi connectivity index (χ3v) is 5.59. The third-order valence-electron chi connectivity index (χ3n) is 5.37. The van der Waals surface area contributed by atoms with Gasteiger partial charge in [-0.25, -0.2) is 14.6 Å². The van der Waals surface area contributed by atoms with Crippen LogP contribution in [-0.2, 0) is 13.0 Å². The Labute approximate surface area is 174 Å². The molecule has 0 fully saturated rings. The highest BCUT2D eigenvalue weighted by molar-refractivity contribution is 6.30. The summed E-state index contributed by atoms with van der Waals surface area (Å²) in [4.78, 5) is 8.88. The molecule has 1 N–H and O–H groups in total. The van der Waals surface area contributed by atoms with Crippen LogP contribution in [0.4, 0.5) is 0 Å². The molecule has 1 aliphatic rings. The standard InChI is InChI=1S/C22H21ClN6/c23-16-9-10-21(26-13-16)28-12-4-5-17(28)14-25-19-6-3-7-20-18(19)15-27-29(20)22-8-1-2-11-24-22/h1-2,4-5,8-13,15,19,25H,3,6-7,14H2/t19-/m1/s1. The van der Waals surface area contributed by atoms with Gasteiger partial charge in [0.05, 0.1) is 16.9 Å². The van der Waals surface area contributed by atoms with E-state index in [2.05, 4.69) is 31.0 Å². The van der Waals surface area contributed by atoms with Crippen LogP contribution in [0.3, 0.4) is 0 Å². The lowest BCUT2D eigenvalue weighted by molar-refractivity contribution is 0.450. The molecule has 0 saturated carbocycles. The number of nitrogens with one attached hydrogen (secondary N) is 1. The van der Waals surface area contributed by atoms with Crippen molar-refractivity contribution in [1.29, 1.82) is 0 Å². The minimum atomic E-state index is 0.276. The van der Waals surface area contributed by atoms with Crippen molar-refractivity contribution >= 4 is 11.6 Å². The maximum Gasteiger partial charge on any atom is 0.153 e. The van der Waals surface area contributed by atoms with Crippen molar-refractivity contribution in [2.45, 2.75) is 31.8 Å². The van der Waals surface area contributed by atoms with Crippen LogP contribution < -0.4 is 5.32 Å². The molecule has 146 valence electrons. The zero-order chi connectivity index (χ0) is 19.6. The second-order valence-electron chi connectivity index (χ2n) is 7.18. The van der Waals surface area contributed by atoms with E-state index in [1.54, 1.807) is 12.4 Å². The van der Waals surface area contributed by atoms with Crippen LogP contribution in [0.25, 0.3) is 11.6 Å². The van der Waals surface area contributed by atoms with Gasteiger partial charge in [-0.05, 0) is 55.7 Å². The molecule has 4 heterocycles. The summed E-state index contributed by atoms with van der Waals surface area (Å²) in [6.07, 6.45) is 10.7. The van der Waals surface area contributed by atoms with Crippen molar-refractivity contribution in [3.05, 3.63) is 89.2 Å². The minimum absolute atomic E-state index is 0.276. The summed E-state index contributed by atoms with van der Waals surface area (Å²) in [6.45, 7) is 0.746. The molecule has 5 rings (SSSR count). The average molecular weight is 405 g/mol. The predicted octanol–water partition coefficient (Wildman–Crippen LogP) is 4.27. The van der Waals surface area contributed by atoms with Crippen LogP contribution in [0.1, 0.15) is 35.8 Å². The van der Waals surface area contributed by atoms with Crippen LogP contribution >= 0.6 is 11.6 Å². The lowest BCUT2D eigenvalue weighted by Gasteiger charge is -2.24. The quantitative estimate of drug-likeness (QED) is 0.539. The molecule has 4 aromatic heterocycles. The molecule has 7 heteroatoms. The molecule has 1 aliphatic carbocycles. The number of fused-ring (bicyclic) bond motifs is 1. The summed E-state index contributed by atoms with van der Waals surface area (Å²) < 4.78 is 4.06. The molecular formula is C22H21ClN6. The van der Waals surface area contributed by atoms with E-state index in [4.69, 9.17) is 11.6 Å². The predicted molar refractivity (Wildman–Crippen MR) is 112 cm³/mol. The molecule has 0 unspecified atom stereocenters. The van der Waals surface area contributed by atoms with Crippen LogP contribution in [0, 0.1) is 0 Å². The monoisotopic (exact) mass is 404 g/mol. The fourth-order valence-electron chi connectivity index (χ4n) is 3.97. The molecule has 0 aliphatic heterocycles. The van der Waals surface area contributed by atoms with Gasteiger partial charge < -0.3 is 9.88 Å². The summed E-state index contributed by atoms with van der Waals surface area (Å²) in [6, 6.07) is 14.1. The van der Waals surface area contributed by atoms with Gasteiger partial charge in [-0.1, -0.05) is 17.7 Å². The first-order valence-electron chi connectivity index (χ1n) is 9.79. The molecule has 1 atom stereocenters. The molecule has 0 radical (unpaired) electrons. The number of pyridine rings is 2. The Morgan fingerprint density at radius 3 is 2.83 bits per heavy atom. The van der Waals surface area contributed by atoms with Gasteiger partial charge in [0.25, 0.3) is 0 Å². The van der Waals surface area contributed by atoms with Crippen molar-refractivity contribution < 1.29 is 0 Å². The van der Waals surface area contributed by atoms with E-state index in [9.17, 15) is 0 Å². The number of rotatable bonds is 5. The fourth-order valence-corrected chi connectivity index (χ4v) is 4.08. The van der Waals surface area contributed by atoms with Crippen molar-refractivity contribution in [3.63, 3.8) is 0 Å². The SMILES string of the molecule is Clc1ccc(-n2cccc2CN[C@@H]2CCCc3c2cnn3-c2ccccn2)nc1. The zero-order valence-corrected chi connectivity index (χ0v) is 16.6. The van der Waals surface area contributed by atoms with Crippen molar-refractivity contribution in [2.75, 3.05) is 0 Å². The molecule has 0 bridgehead atoms. The Morgan fingerprint density at radius 1 is 1.03 bits per heavy atom. The molecule has 0 aromatic carbocycles. The van der Waals surface area contributed by atoms with Gasteiger partial charge in [-0.3, -0.25) is 0 Å². The van der Waals surface area contributed by atoms with E-state index in [0.29, 0.717) is 5.02 Å². The first kappa shape index (κ1) is 18.1. The number of hydrogen-bond acceptors (Lipinski definition) is 4. The number of hydrogen-bond donors (Lipinski definition) is 1. The lowest BCUT2D eigenvalue weighted by Crippen LogP contribution is -2.26. The first-order chi connectivity index (χ1) is 14.3. The maximum atomic E-state index is 5.97. The number of aromatic nitrogens is 5. The molecule has 0 amide bonds. The topological polar surface area (TPSA) is 60.6 Å². The van der Waals surface area contributed by atoms with Gasteiger partial charge in [0.1, 0.15) is 5.82 Å². The Kier molecular flexibility index (Phi) is 4.87. The molecule has 29 heavy (non-hydrogen) atoms. The third kappa shape index (κ3) is 3.57. The van der Waals surface area contributed by atoms with Gasteiger partial charge in [0.15, 0.2) is 5.82 Å². The summed E-state index contributed by atoms with van der Waals surface area (Å²) in [5, 5.41) is 8.98. The Hall–Kier alpha value is -2.96. The van der Waals surface area contributed by atoms with E-state index in [0.717, 1.165) is 43.1 Å². The van der Waals surface area contributed by atoms with Crippen molar-refractivity contribution in [2.24, 2.45) is 0 Å². The molecule has 4 aromatic rings. The van der Waals surface area contributed by atoms with Crippen LogP contribution in [0.5, 0.6) is 0 Å². The Bertz CT molecular complexity index is 1100. The van der Waals surface area contributed by atoms with E-state index >= 15 is 0 Å². The normalized spacial score (nSPS) is 16.0. The summed E-state index contributed by atoms with van der Waals surface area (Å²) >= 11 is 5.97. The fraction of sp³-hybridized carbons (Fsp3) is 0.227. The van der Waals surface area contributed by atoms with E-state index in [-0.39, 0.29) is 6.04 Å². The van der Waals surface area contributed by atoms with Crippen molar-refractivity contribution in [1.82, 2.24) is 29.6 Å². The number of nitrogens with zero attached hydrogens (tertiary/aromatic N) is 5. The van der Waals surface area contributed by atoms with Crippen LogP contribution in [0.15, 0.2) is 67.3 Å². The highest BCUT2D eigenvalue weighted by Gasteiger charge is 2.25. The van der Waals surface area contributed by atoms with Crippen molar-refractivity contribution in [3.8, 4) is 11.6 Å². The number of halogens is 1. The van der Waals surface area contributed by atoms with Gasteiger partial charge in [-0.15, -0.1) is 0 Å². The van der Waals surface area contributed by atoms with Crippen LogP contribution in [0.2, 0.25) is 5.02 Å². The Balaban J connectivity index is 1.36. The average Bonchev–Trinajstić information content (AvgIpc) is 3.41. The first-order valence-corrected chi connectivity index (χ1v) is 10.2. The Morgan fingerprint density at radius 2 is 2.00 bits per heavy atom. The summed E-state index contributed by atoms with van der Waals surface area (Å²) in [5.74, 6) is 1.74. The second kappa shape index (κ2) is 7.81. The minimum Gasteiger partial charge on any atom is -0.304 e. The lowest BCUT2D eigenvalue weighted by atomic mass is 9.93. The summed E-state index contributed by atoms with van der Waals surface area (Å²) in [5.41, 5.74) is 3.68. The smallest absolute Gasteiger partial charge is 0.153 e. The molecule has 0 saturated heterocycles. The van der Waals surface area contributed by atoms with E-state index in [1.807, 2.05) is 53.5 Å². The highest BCUT2D eigenvalue weighted by Crippen LogP contribution is 2.31. The van der Waals surface area contributed by atoms with Gasteiger partial charge in [0.2, 0.25) is 0 Å². The largest absolute Gasteiger partial charge is 0.304 e. The highest BCUT2D eigenvalue weighted by atomic mass is 35.5. The van der Waals surface area contributed by atoms with Gasteiger partial charge >= 0.3 is 0 Å². The maximum absolute atomic E-state index is 5.97. The molecule has 0 spiro atoms. The summed E-state index contributed by atoms with van der Waals surface area (Å²) in [7, 11) is 0. The van der Waals surface area contributed by atoms with Gasteiger partial charge in [0, 0.05) is 42.4 Å².